The van der Waals surface area contributed by atoms with Crippen molar-refractivity contribution in [3.63, 3.8) is 0 Å². The van der Waals surface area contributed by atoms with Crippen molar-refractivity contribution in [2.45, 2.75) is 76.8 Å². The van der Waals surface area contributed by atoms with Crippen molar-refractivity contribution < 1.29 is 9.47 Å². The van der Waals surface area contributed by atoms with E-state index in [4.69, 9.17) is 35.9 Å². The summed E-state index contributed by atoms with van der Waals surface area (Å²) in [6, 6.07) is 6.86. The number of ether oxygens (including phenoxy) is 2. The van der Waals surface area contributed by atoms with Gasteiger partial charge < -0.3 is 15.2 Å². The summed E-state index contributed by atoms with van der Waals surface area (Å²) < 4.78 is 11.6. The molecule has 2 aliphatic carbocycles. The largest absolute Gasteiger partial charge is 0.476 e. The number of fused-ring (bicyclic) bond motifs is 3. The van der Waals surface area contributed by atoms with E-state index < -0.39 is 10.9 Å². The van der Waals surface area contributed by atoms with E-state index in [9.17, 15) is 0 Å². The first-order valence-electron chi connectivity index (χ1n) is 11.3. The number of rotatable bonds is 4. The number of benzene rings is 1. The van der Waals surface area contributed by atoms with Crippen molar-refractivity contribution in [1.82, 2.24) is 0 Å². The molecule has 1 saturated carbocycles. The molecule has 30 heavy (non-hydrogen) atoms. The first-order chi connectivity index (χ1) is 14.0. The van der Waals surface area contributed by atoms with Crippen molar-refractivity contribution in [2.75, 3.05) is 7.11 Å². The number of methoxy groups -OCH3 is 1. The Hall–Kier alpha value is -1.42. The number of nitrogens with zero attached hydrogens (tertiary/aromatic N) is 1. The molecule has 6 heteroatoms. The fourth-order valence-electron chi connectivity index (χ4n) is 6.84. The Bertz CT molecular complexity index is 842. The number of hydrogen-bond donors (Lipinski definition) is 1. The van der Waals surface area contributed by atoms with Crippen LogP contribution in [-0.2, 0) is 27.9 Å². The van der Waals surface area contributed by atoms with Crippen molar-refractivity contribution in [3.8, 4) is 0 Å². The monoisotopic (exact) mass is 404 g/mol. The summed E-state index contributed by atoms with van der Waals surface area (Å²) >= 11 is 0. The highest BCUT2D eigenvalue weighted by Gasteiger charge is 2.69. The van der Waals surface area contributed by atoms with E-state index >= 15 is 0 Å². The van der Waals surface area contributed by atoms with Gasteiger partial charge in [-0.2, -0.15) is 0 Å². The molecule has 1 heterocycles. The fourth-order valence-corrected chi connectivity index (χ4v) is 6.84. The number of amidine groups is 1. The fraction of sp³-hybridized carbons (Fsp3) is 0.708. The maximum atomic E-state index is 6.69. The molecule has 0 aromatic heterocycles. The lowest BCUT2D eigenvalue weighted by atomic mass is 9.43. The van der Waals surface area contributed by atoms with E-state index in [1.165, 1.54) is 11.1 Å². The van der Waals surface area contributed by atoms with Gasteiger partial charge in [0.15, 0.2) is 0 Å². The highest BCUT2D eigenvalue weighted by atomic mass is 16.5. The molecule has 3 unspecified atom stereocenters. The number of nitrogens with two attached hydrogens (primary N) is 1. The normalized spacial score (nSPS) is 36.9. The van der Waals surface area contributed by atoms with Crippen molar-refractivity contribution in [2.24, 2.45) is 33.9 Å². The molecule has 0 bridgehead atoms. The molecule has 4 radical (unpaired) electrons. The molecule has 1 fully saturated rings. The van der Waals surface area contributed by atoms with E-state index in [2.05, 4.69) is 45.9 Å². The SMILES string of the molecule is [B]C1([B])OC(N)=NC12c1cc(CCC(C)C)ccc1CC21C[C@@H](C)C(OC)[C@@H](C)C1. The van der Waals surface area contributed by atoms with Crippen LogP contribution >= 0.6 is 0 Å². The van der Waals surface area contributed by atoms with Gasteiger partial charge >= 0.3 is 0 Å². The highest BCUT2D eigenvalue weighted by Crippen LogP contribution is 2.66. The molecule has 4 nitrogen and oxygen atoms in total. The van der Waals surface area contributed by atoms with E-state index in [-0.39, 0.29) is 17.5 Å². The minimum absolute atomic E-state index is 0.0916. The Balaban J connectivity index is 1.85. The maximum Gasteiger partial charge on any atom is 0.281 e. The maximum absolute atomic E-state index is 6.69. The molecule has 1 aliphatic heterocycles. The van der Waals surface area contributed by atoms with Crippen LogP contribution in [0.25, 0.3) is 0 Å². The van der Waals surface area contributed by atoms with Gasteiger partial charge in [0.25, 0.3) is 6.02 Å². The summed E-state index contributed by atoms with van der Waals surface area (Å²) in [5, 5.41) is -1.47. The van der Waals surface area contributed by atoms with Crippen LogP contribution in [0.5, 0.6) is 0 Å². The van der Waals surface area contributed by atoms with Crippen molar-refractivity contribution in [3.05, 3.63) is 34.9 Å². The van der Waals surface area contributed by atoms with Gasteiger partial charge in [0.05, 0.1) is 11.5 Å². The molecule has 5 atom stereocenters. The first-order valence-corrected chi connectivity index (χ1v) is 11.3. The molecule has 0 saturated heterocycles. The highest BCUT2D eigenvalue weighted by molar-refractivity contribution is 6.41. The lowest BCUT2D eigenvalue weighted by molar-refractivity contribution is -0.0865. The van der Waals surface area contributed by atoms with Gasteiger partial charge in [-0.3, -0.25) is 0 Å². The van der Waals surface area contributed by atoms with Crippen molar-refractivity contribution >= 4 is 21.7 Å². The van der Waals surface area contributed by atoms with E-state index in [0.717, 1.165) is 37.7 Å². The molecule has 2 spiro atoms. The average Bonchev–Trinajstić information content (AvgIpc) is 3.04. The summed E-state index contributed by atoms with van der Waals surface area (Å²) in [5.41, 5.74) is 8.65. The minimum atomic E-state index is -1.47. The molecule has 4 rings (SSSR count). The second-order valence-corrected chi connectivity index (χ2v) is 10.5. The zero-order valence-electron chi connectivity index (χ0n) is 19.1. The van der Waals surface area contributed by atoms with Crippen molar-refractivity contribution in [1.29, 1.82) is 0 Å². The zero-order valence-corrected chi connectivity index (χ0v) is 19.1. The topological polar surface area (TPSA) is 56.8 Å². The van der Waals surface area contributed by atoms with Gasteiger partial charge in [-0.1, -0.05) is 45.9 Å². The molecule has 2 N–H and O–H groups in total. The Morgan fingerprint density at radius 3 is 2.43 bits per heavy atom. The minimum Gasteiger partial charge on any atom is -0.476 e. The molecule has 0 amide bonds. The van der Waals surface area contributed by atoms with Crippen LogP contribution in [0.1, 0.15) is 63.6 Å². The summed E-state index contributed by atoms with van der Waals surface area (Å²) in [7, 11) is 15.2. The lowest BCUT2D eigenvalue weighted by Crippen LogP contribution is -2.61. The Labute approximate surface area is 184 Å². The van der Waals surface area contributed by atoms with Crippen LogP contribution in [0.15, 0.2) is 23.2 Å². The van der Waals surface area contributed by atoms with Crippen LogP contribution in [0.3, 0.4) is 0 Å². The Morgan fingerprint density at radius 2 is 1.90 bits per heavy atom. The summed E-state index contributed by atoms with van der Waals surface area (Å²) in [5.74, 6) is 1.37. The van der Waals surface area contributed by atoms with Gasteiger partial charge in [0.1, 0.15) is 21.2 Å². The molecule has 3 aliphatic rings. The standard InChI is InChI=1S/C24H34B2N2O2/c1-14(2)6-7-17-8-9-18-13-22(11-15(3)20(29-5)16(4)12-22)23(19(18)10-17)24(25,26)30-21(27)28-23/h8-10,14-16,20H,6-7,11-13H2,1-5H3,(H2,27,28)/t15-,16+,20?,22?,23?. The molecule has 158 valence electrons. The van der Waals surface area contributed by atoms with E-state index in [0.29, 0.717) is 17.8 Å². The van der Waals surface area contributed by atoms with Gasteiger partial charge in [-0.25, -0.2) is 4.99 Å². The van der Waals surface area contributed by atoms with Crippen LogP contribution in [0.2, 0.25) is 0 Å². The predicted molar refractivity (Wildman–Crippen MR) is 123 cm³/mol. The molecule has 1 aromatic carbocycles. The van der Waals surface area contributed by atoms with Gasteiger partial charge in [0, 0.05) is 12.5 Å². The summed E-state index contributed by atoms with van der Waals surface area (Å²) in [6.07, 6.45) is 5.10. The number of hydrogen-bond acceptors (Lipinski definition) is 4. The van der Waals surface area contributed by atoms with Gasteiger partial charge in [-0.05, 0) is 66.5 Å². The average molecular weight is 404 g/mol. The lowest BCUT2D eigenvalue weighted by Gasteiger charge is -2.55. The van der Waals surface area contributed by atoms with Crippen LogP contribution < -0.4 is 5.73 Å². The zero-order chi connectivity index (χ0) is 21.9. The third-order valence-corrected chi connectivity index (χ3v) is 7.81. The second-order valence-electron chi connectivity index (χ2n) is 10.5. The second kappa shape index (κ2) is 7.32. The molecular weight excluding hydrogens is 370 g/mol. The number of aryl methyl sites for hydroxylation is 1. The van der Waals surface area contributed by atoms with Crippen LogP contribution in [-0.4, -0.2) is 40.3 Å². The van der Waals surface area contributed by atoms with E-state index in [1.807, 2.05) is 0 Å². The predicted octanol–water partition coefficient (Wildman–Crippen LogP) is 3.43. The molecular formula is C24H34B2N2O2. The Kier molecular flexibility index (Phi) is 5.32. The van der Waals surface area contributed by atoms with E-state index in [1.54, 1.807) is 7.11 Å². The third kappa shape index (κ3) is 3.04. The quantitative estimate of drug-likeness (QED) is 0.783. The van der Waals surface area contributed by atoms with Gasteiger partial charge in [0.2, 0.25) is 0 Å². The van der Waals surface area contributed by atoms with Gasteiger partial charge in [-0.15, -0.1) is 0 Å². The Morgan fingerprint density at radius 1 is 1.23 bits per heavy atom. The summed E-state index contributed by atoms with van der Waals surface area (Å²) in [6.45, 7) is 9.02. The van der Waals surface area contributed by atoms with Crippen LogP contribution in [0, 0.1) is 23.2 Å². The molecule has 1 aromatic rings. The van der Waals surface area contributed by atoms with Crippen LogP contribution in [0.4, 0.5) is 0 Å². The summed E-state index contributed by atoms with van der Waals surface area (Å²) in [4.78, 5) is 4.93. The first kappa shape index (κ1) is 21.8. The number of aliphatic imine (C=N–C) groups is 1. The third-order valence-electron chi connectivity index (χ3n) is 7.81. The smallest absolute Gasteiger partial charge is 0.281 e.